The zero-order valence-electron chi connectivity index (χ0n) is 13.2. The molecule has 0 bridgehead atoms. The van der Waals surface area contributed by atoms with Crippen LogP contribution >= 0.6 is 11.8 Å². The molecule has 0 fully saturated rings. The van der Waals surface area contributed by atoms with Crippen molar-refractivity contribution in [2.75, 3.05) is 32.4 Å². The molecule has 1 N–H and O–H groups in total. The van der Waals surface area contributed by atoms with Gasteiger partial charge in [0.1, 0.15) is 11.5 Å². The van der Waals surface area contributed by atoms with E-state index in [9.17, 15) is 9.59 Å². The van der Waals surface area contributed by atoms with Gasteiger partial charge in [-0.3, -0.25) is 9.59 Å². The molecule has 0 saturated heterocycles. The summed E-state index contributed by atoms with van der Waals surface area (Å²) < 4.78 is 14.9. The molecule has 1 aromatic rings. The standard InChI is InChI=1S/C15H21NO5S/c1-10(22-6-5-14(17)21-4)15(18)16-11-7-12(19-2)9-13(8-11)20-3/h7-10H,5-6H2,1-4H3,(H,16,18). The predicted molar refractivity (Wildman–Crippen MR) is 86.7 cm³/mol. The Morgan fingerprint density at radius 1 is 1.14 bits per heavy atom. The number of methoxy groups -OCH3 is 3. The summed E-state index contributed by atoms with van der Waals surface area (Å²) >= 11 is 1.39. The summed E-state index contributed by atoms with van der Waals surface area (Å²) in [5.74, 6) is 1.30. The van der Waals surface area contributed by atoms with Crippen LogP contribution in [0.5, 0.6) is 11.5 Å². The van der Waals surface area contributed by atoms with E-state index >= 15 is 0 Å². The number of hydrogen-bond acceptors (Lipinski definition) is 6. The summed E-state index contributed by atoms with van der Waals surface area (Å²) in [7, 11) is 4.44. The van der Waals surface area contributed by atoms with Crippen molar-refractivity contribution >= 4 is 29.3 Å². The van der Waals surface area contributed by atoms with Crippen molar-refractivity contribution in [2.24, 2.45) is 0 Å². The minimum absolute atomic E-state index is 0.148. The maximum absolute atomic E-state index is 12.1. The molecule has 0 radical (unpaired) electrons. The lowest BCUT2D eigenvalue weighted by molar-refractivity contribution is -0.140. The molecule has 1 aromatic carbocycles. The molecule has 7 heteroatoms. The van der Waals surface area contributed by atoms with Crippen molar-refractivity contribution in [3.8, 4) is 11.5 Å². The highest BCUT2D eigenvalue weighted by atomic mass is 32.2. The molecule has 0 spiro atoms. The Kier molecular flexibility index (Phi) is 7.59. The summed E-state index contributed by atoms with van der Waals surface area (Å²) in [5, 5.41) is 2.52. The monoisotopic (exact) mass is 327 g/mol. The van der Waals surface area contributed by atoms with Crippen LogP contribution in [0.3, 0.4) is 0 Å². The first-order valence-electron chi connectivity index (χ1n) is 6.72. The summed E-state index contributed by atoms with van der Waals surface area (Å²) in [5.41, 5.74) is 0.599. The summed E-state index contributed by atoms with van der Waals surface area (Å²) in [6.07, 6.45) is 0.284. The molecule has 0 aliphatic heterocycles. The molecular weight excluding hydrogens is 306 g/mol. The molecule has 122 valence electrons. The van der Waals surface area contributed by atoms with Gasteiger partial charge in [0.15, 0.2) is 0 Å². The number of carbonyl (C=O) groups is 2. The minimum Gasteiger partial charge on any atom is -0.497 e. The van der Waals surface area contributed by atoms with Crippen molar-refractivity contribution < 1.29 is 23.8 Å². The van der Waals surface area contributed by atoms with E-state index < -0.39 is 0 Å². The van der Waals surface area contributed by atoms with Crippen LogP contribution in [-0.4, -0.2) is 44.2 Å². The number of benzene rings is 1. The third-order valence-corrected chi connectivity index (χ3v) is 4.04. The number of anilines is 1. The number of amides is 1. The van der Waals surface area contributed by atoms with E-state index in [0.29, 0.717) is 22.9 Å². The average molecular weight is 327 g/mol. The lowest BCUT2D eigenvalue weighted by Crippen LogP contribution is -2.23. The molecule has 6 nitrogen and oxygen atoms in total. The van der Waals surface area contributed by atoms with Crippen molar-refractivity contribution in [3.05, 3.63) is 18.2 Å². The smallest absolute Gasteiger partial charge is 0.306 e. The Morgan fingerprint density at radius 2 is 1.73 bits per heavy atom. The van der Waals surface area contributed by atoms with E-state index in [0.717, 1.165) is 0 Å². The number of ether oxygens (including phenoxy) is 3. The zero-order chi connectivity index (χ0) is 16.5. The molecular formula is C15H21NO5S. The summed E-state index contributed by atoms with van der Waals surface area (Å²) in [4.78, 5) is 23.2. The Labute approximate surface area is 134 Å². The van der Waals surface area contributed by atoms with Crippen molar-refractivity contribution in [1.29, 1.82) is 0 Å². The van der Waals surface area contributed by atoms with Crippen LogP contribution in [0.1, 0.15) is 13.3 Å². The zero-order valence-corrected chi connectivity index (χ0v) is 14.0. The normalized spacial score (nSPS) is 11.5. The van der Waals surface area contributed by atoms with Gasteiger partial charge in [-0.25, -0.2) is 0 Å². The van der Waals surface area contributed by atoms with Gasteiger partial charge in [0.05, 0.1) is 33.0 Å². The van der Waals surface area contributed by atoms with Gasteiger partial charge < -0.3 is 19.5 Å². The van der Waals surface area contributed by atoms with Crippen molar-refractivity contribution in [3.63, 3.8) is 0 Å². The van der Waals surface area contributed by atoms with Gasteiger partial charge in [-0.2, -0.15) is 0 Å². The van der Waals surface area contributed by atoms with E-state index in [1.165, 1.54) is 18.9 Å². The number of hydrogen-bond donors (Lipinski definition) is 1. The van der Waals surface area contributed by atoms with Crippen LogP contribution in [0.25, 0.3) is 0 Å². The molecule has 1 atom stereocenters. The SMILES string of the molecule is COC(=O)CCSC(C)C(=O)Nc1cc(OC)cc(OC)c1. The number of rotatable bonds is 8. The molecule has 0 aromatic heterocycles. The van der Waals surface area contributed by atoms with Crippen molar-refractivity contribution in [1.82, 2.24) is 0 Å². The van der Waals surface area contributed by atoms with Gasteiger partial charge in [0.2, 0.25) is 5.91 Å². The van der Waals surface area contributed by atoms with Crippen LogP contribution < -0.4 is 14.8 Å². The number of thioether (sulfide) groups is 1. The third-order valence-electron chi connectivity index (χ3n) is 2.89. The molecule has 1 unspecified atom stereocenters. The fourth-order valence-electron chi connectivity index (χ4n) is 1.62. The van der Waals surface area contributed by atoms with Gasteiger partial charge >= 0.3 is 5.97 Å². The maximum atomic E-state index is 12.1. The Hall–Kier alpha value is -1.89. The number of nitrogens with one attached hydrogen (secondary N) is 1. The quantitative estimate of drug-likeness (QED) is 0.739. The summed E-state index contributed by atoms with van der Waals surface area (Å²) in [6.45, 7) is 1.79. The van der Waals surface area contributed by atoms with E-state index in [1.807, 2.05) is 0 Å². The van der Waals surface area contributed by atoms with Crippen molar-refractivity contribution in [2.45, 2.75) is 18.6 Å². The lowest BCUT2D eigenvalue weighted by atomic mass is 10.2. The highest BCUT2D eigenvalue weighted by molar-refractivity contribution is 8.00. The molecule has 1 amide bonds. The van der Waals surface area contributed by atoms with Gasteiger partial charge in [-0.15, -0.1) is 11.8 Å². The Bertz CT molecular complexity index is 498. The fourth-order valence-corrected chi connectivity index (χ4v) is 2.47. The number of carbonyl (C=O) groups excluding carboxylic acids is 2. The first-order valence-corrected chi connectivity index (χ1v) is 7.77. The summed E-state index contributed by atoms with van der Waals surface area (Å²) in [6, 6.07) is 5.16. The van der Waals surface area contributed by atoms with E-state index in [4.69, 9.17) is 9.47 Å². The number of esters is 1. The van der Waals surface area contributed by atoms with Gasteiger partial charge in [-0.1, -0.05) is 0 Å². The fraction of sp³-hybridized carbons (Fsp3) is 0.467. The van der Waals surface area contributed by atoms with Crippen LogP contribution in [0.4, 0.5) is 5.69 Å². The molecule has 0 saturated carbocycles. The highest BCUT2D eigenvalue weighted by Crippen LogP contribution is 2.26. The predicted octanol–water partition coefficient (Wildman–Crippen LogP) is 2.33. The second-order valence-corrected chi connectivity index (χ2v) is 5.88. The lowest BCUT2D eigenvalue weighted by Gasteiger charge is -2.13. The first-order chi connectivity index (χ1) is 10.5. The van der Waals surface area contributed by atoms with Crippen LogP contribution in [0.2, 0.25) is 0 Å². The van der Waals surface area contributed by atoms with Crippen LogP contribution in [0, 0.1) is 0 Å². The topological polar surface area (TPSA) is 73.9 Å². The van der Waals surface area contributed by atoms with Crippen LogP contribution in [-0.2, 0) is 14.3 Å². The van der Waals surface area contributed by atoms with Gasteiger partial charge in [0, 0.05) is 29.6 Å². The van der Waals surface area contributed by atoms with E-state index in [2.05, 4.69) is 10.1 Å². The highest BCUT2D eigenvalue weighted by Gasteiger charge is 2.15. The van der Waals surface area contributed by atoms with Gasteiger partial charge in [-0.05, 0) is 6.92 Å². The third kappa shape index (κ3) is 5.85. The van der Waals surface area contributed by atoms with E-state index in [1.54, 1.807) is 39.3 Å². The molecule has 1 rings (SSSR count). The largest absolute Gasteiger partial charge is 0.497 e. The van der Waals surface area contributed by atoms with E-state index in [-0.39, 0.29) is 23.5 Å². The second kappa shape index (κ2) is 9.19. The second-order valence-electron chi connectivity index (χ2n) is 4.43. The molecule has 22 heavy (non-hydrogen) atoms. The molecule has 0 aliphatic carbocycles. The molecule has 0 heterocycles. The average Bonchev–Trinajstić information content (AvgIpc) is 2.53. The maximum Gasteiger partial charge on any atom is 0.306 e. The molecule has 0 aliphatic rings. The Balaban J connectivity index is 2.58. The Morgan fingerprint density at radius 3 is 2.23 bits per heavy atom. The minimum atomic E-state index is -0.290. The first kappa shape index (κ1) is 18.2. The van der Waals surface area contributed by atoms with Gasteiger partial charge in [0.25, 0.3) is 0 Å². The van der Waals surface area contributed by atoms with Crippen LogP contribution in [0.15, 0.2) is 18.2 Å².